The van der Waals surface area contributed by atoms with Gasteiger partial charge in [0, 0.05) is 12.7 Å². The zero-order valence-electron chi connectivity index (χ0n) is 11.1. The molecule has 7 nitrogen and oxygen atoms in total. The van der Waals surface area contributed by atoms with Crippen LogP contribution < -0.4 is 10.6 Å². The minimum atomic E-state index is 0.221. The number of rotatable bonds is 4. The lowest BCUT2D eigenvalue weighted by atomic mass is 10.3. The summed E-state index contributed by atoms with van der Waals surface area (Å²) in [4.78, 5) is 22.1. The van der Waals surface area contributed by atoms with Gasteiger partial charge in [-0.05, 0) is 19.1 Å². The predicted octanol–water partition coefficient (Wildman–Crippen LogP) is 1.36. The van der Waals surface area contributed by atoms with Gasteiger partial charge in [-0.3, -0.25) is 4.98 Å². The summed E-state index contributed by atoms with van der Waals surface area (Å²) in [7, 11) is 0. The Labute approximate surface area is 115 Å². The Hall–Kier alpha value is -2.70. The molecular weight excluding hydrogens is 254 g/mol. The lowest BCUT2D eigenvalue weighted by molar-refractivity contribution is 0.796. The molecule has 3 aromatic heterocycles. The summed E-state index contributed by atoms with van der Waals surface area (Å²) < 4.78 is 0. The van der Waals surface area contributed by atoms with Crippen LogP contribution in [0.25, 0.3) is 11.2 Å². The van der Waals surface area contributed by atoms with Gasteiger partial charge in [-0.25, -0.2) is 4.98 Å². The maximum atomic E-state index is 5.75. The molecule has 0 saturated carbocycles. The molecule has 0 amide bonds. The Bertz CT molecular complexity index is 707. The molecule has 0 aromatic carbocycles. The molecule has 0 aliphatic carbocycles. The summed E-state index contributed by atoms with van der Waals surface area (Å²) in [5.74, 6) is 0.970. The Morgan fingerprint density at radius 2 is 2.15 bits per heavy atom. The first kappa shape index (κ1) is 12.3. The third kappa shape index (κ3) is 2.25. The number of H-pyrrole nitrogens is 1. The maximum Gasteiger partial charge on any atom is 0.224 e. The van der Waals surface area contributed by atoms with Crippen molar-refractivity contribution in [3.63, 3.8) is 0 Å². The molecule has 0 saturated heterocycles. The number of pyridine rings is 1. The number of hydrogen-bond acceptors (Lipinski definition) is 6. The molecular formula is C13H15N7. The van der Waals surface area contributed by atoms with Crippen molar-refractivity contribution in [1.29, 1.82) is 0 Å². The van der Waals surface area contributed by atoms with Crippen LogP contribution in [0.4, 0.5) is 11.8 Å². The molecule has 0 bridgehead atoms. The summed E-state index contributed by atoms with van der Waals surface area (Å²) in [5.41, 5.74) is 8.09. The van der Waals surface area contributed by atoms with Crippen LogP contribution in [0.3, 0.4) is 0 Å². The minimum Gasteiger partial charge on any atom is -0.368 e. The molecule has 7 heteroatoms. The molecule has 0 fully saturated rings. The van der Waals surface area contributed by atoms with E-state index in [2.05, 4.69) is 36.7 Å². The number of imidazole rings is 1. The van der Waals surface area contributed by atoms with Gasteiger partial charge in [-0.15, -0.1) is 0 Å². The summed E-state index contributed by atoms with van der Waals surface area (Å²) in [6.07, 6.45) is 3.38. The van der Waals surface area contributed by atoms with E-state index in [9.17, 15) is 0 Å². The third-order valence-corrected chi connectivity index (χ3v) is 3.04. The number of hydrogen-bond donors (Lipinski definition) is 2. The van der Waals surface area contributed by atoms with E-state index in [-0.39, 0.29) is 5.95 Å². The number of aromatic amines is 1. The minimum absolute atomic E-state index is 0.221. The van der Waals surface area contributed by atoms with Crippen LogP contribution in [-0.2, 0) is 6.54 Å². The van der Waals surface area contributed by atoms with E-state index in [0.717, 1.165) is 23.6 Å². The van der Waals surface area contributed by atoms with Gasteiger partial charge in [0.2, 0.25) is 5.95 Å². The van der Waals surface area contributed by atoms with E-state index in [1.165, 1.54) is 0 Å². The van der Waals surface area contributed by atoms with E-state index in [1.54, 1.807) is 12.5 Å². The van der Waals surface area contributed by atoms with Crippen molar-refractivity contribution in [3.05, 3.63) is 36.4 Å². The van der Waals surface area contributed by atoms with Gasteiger partial charge in [0.05, 0.1) is 18.6 Å². The van der Waals surface area contributed by atoms with Gasteiger partial charge in [0.25, 0.3) is 0 Å². The highest BCUT2D eigenvalue weighted by Crippen LogP contribution is 2.22. The molecule has 3 N–H and O–H groups in total. The molecule has 0 spiro atoms. The first-order valence-electron chi connectivity index (χ1n) is 6.39. The lowest BCUT2D eigenvalue weighted by Crippen LogP contribution is -2.24. The SMILES string of the molecule is CCN(Cc1ccccn1)c1nc(N)nc2nc[nH]c12. The highest BCUT2D eigenvalue weighted by molar-refractivity contribution is 5.84. The number of nitrogen functional groups attached to an aromatic ring is 1. The molecule has 20 heavy (non-hydrogen) atoms. The highest BCUT2D eigenvalue weighted by Gasteiger charge is 2.15. The molecule has 0 radical (unpaired) electrons. The molecule has 3 rings (SSSR count). The number of aromatic nitrogens is 5. The van der Waals surface area contributed by atoms with Crippen molar-refractivity contribution in [2.45, 2.75) is 13.5 Å². The monoisotopic (exact) mass is 269 g/mol. The van der Waals surface area contributed by atoms with Crippen molar-refractivity contribution >= 4 is 22.9 Å². The second-order valence-corrected chi connectivity index (χ2v) is 4.34. The van der Waals surface area contributed by atoms with Gasteiger partial charge >= 0.3 is 0 Å². The van der Waals surface area contributed by atoms with Crippen molar-refractivity contribution in [1.82, 2.24) is 24.9 Å². The summed E-state index contributed by atoms with van der Waals surface area (Å²) in [6, 6.07) is 5.85. The lowest BCUT2D eigenvalue weighted by Gasteiger charge is -2.21. The van der Waals surface area contributed by atoms with Crippen LogP contribution in [0.2, 0.25) is 0 Å². The van der Waals surface area contributed by atoms with Crippen molar-refractivity contribution in [3.8, 4) is 0 Å². The van der Waals surface area contributed by atoms with Crippen LogP contribution in [0, 0.1) is 0 Å². The number of fused-ring (bicyclic) bond motifs is 1. The Morgan fingerprint density at radius 3 is 2.90 bits per heavy atom. The second-order valence-electron chi connectivity index (χ2n) is 4.34. The van der Waals surface area contributed by atoms with Crippen LogP contribution in [0.15, 0.2) is 30.7 Å². The van der Waals surface area contributed by atoms with Gasteiger partial charge in [0.1, 0.15) is 5.52 Å². The van der Waals surface area contributed by atoms with E-state index >= 15 is 0 Å². The van der Waals surface area contributed by atoms with Crippen molar-refractivity contribution in [2.75, 3.05) is 17.2 Å². The second kappa shape index (κ2) is 5.12. The average Bonchev–Trinajstić information content (AvgIpc) is 2.93. The number of nitrogens with two attached hydrogens (primary N) is 1. The first-order valence-corrected chi connectivity index (χ1v) is 6.39. The molecule has 0 aliphatic rings. The zero-order valence-corrected chi connectivity index (χ0v) is 11.1. The van der Waals surface area contributed by atoms with E-state index < -0.39 is 0 Å². The van der Waals surface area contributed by atoms with Gasteiger partial charge < -0.3 is 15.6 Å². The zero-order chi connectivity index (χ0) is 13.9. The number of nitrogens with one attached hydrogen (secondary N) is 1. The molecule has 0 unspecified atom stereocenters. The van der Waals surface area contributed by atoms with Crippen LogP contribution >= 0.6 is 0 Å². The van der Waals surface area contributed by atoms with Crippen LogP contribution in [0.1, 0.15) is 12.6 Å². The molecule has 0 atom stereocenters. The normalized spacial score (nSPS) is 10.8. The smallest absolute Gasteiger partial charge is 0.224 e. The van der Waals surface area contributed by atoms with Crippen molar-refractivity contribution in [2.24, 2.45) is 0 Å². The quantitative estimate of drug-likeness (QED) is 0.742. The van der Waals surface area contributed by atoms with E-state index in [0.29, 0.717) is 12.2 Å². The fourth-order valence-electron chi connectivity index (χ4n) is 2.09. The van der Waals surface area contributed by atoms with Gasteiger partial charge in [-0.1, -0.05) is 6.07 Å². The standard InChI is InChI=1S/C13H15N7/c1-2-20(7-9-5-3-4-6-15-9)12-10-11(17-8-16-10)18-13(14)19-12/h3-6,8H,2,7H2,1H3,(H3,14,16,17,18,19). The molecule has 3 aromatic rings. The third-order valence-electron chi connectivity index (χ3n) is 3.04. The fraction of sp³-hybridized carbons (Fsp3) is 0.231. The van der Waals surface area contributed by atoms with Gasteiger partial charge in [-0.2, -0.15) is 9.97 Å². The topological polar surface area (TPSA) is 96.6 Å². The molecule has 0 aliphatic heterocycles. The van der Waals surface area contributed by atoms with E-state index in [1.807, 2.05) is 18.2 Å². The summed E-state index contributed by atoms with van der Waals surface area (Å²) in [5, 5.41) is 0. The average molecular weight is 269 g/mol. The number of anilines is 2. The molecule has 3 heterocycles. The fourth-order valence-corrected chi connectivity index (χ4v) is 2.09. The maximum absolute atomic E-state index is 5.75. The molecule has 102 valence electrons. The van der Waals surface area contributed by atoms with E-state index in [4.69, 9.17) is 5.73 Å². The van der Waals surface area contributed by atoms with Crippen LogP contribution in [0.5, 0.6) is 0 Å². The predicted molar refractivity (Wildman–Crippen MR) is 77.1 cm³/mol. The first-order chi connectivity index (χ1) is 9.78. The van der Waals surface area contributed by atoms with Gasteiger partial charge in [0.15, 0.2) is 11.5 Å². The summed E-state index contributed by atoms with van der Waals surface area (Å²) >= 11 is 0. The highest BCUT2D eigenvalue weighted by atomic mass is 15.2. The largest absolute Gasteiger partial charge is 0.368 e. The Morgan fingerprint density at radius 1 is 1.25 bits per heavy atom. The Balaban J connectivity index is 2.01. The van der Waals surface area contributed by atoms with Crippen molar-refractivity contribution < 1.29 is 0 Å². The van der Waals surface area contributed by atoms with Crippen LogP contribution in [-0.4, -0.2) is 31.5 Å². The number of nitrogens with zero attached hydrogens (tertiary/aromatic N) is 5. The Kier molecular flexibility index (Phi) is 3.16. The summed E-state index contributed by atoms with van der Waals surface area (Å²) in [6.45, 7) is 3.49.